The summed E-state index contributed by atoms with van der Waals surface area (Å²) in [6.07, 6.45) is 0. The van der Waals surface area contributed by atoms with Gasteiger partial charge in [0.15, 0.2) is 0 Å². The molecule has 5 heteroatoms. The molecule has 1 N–H and O–H groups in total. The van der Waals surface area contributed by atoms with Gasteiger partial charge >= 0.3 is 0 Å². The number of benzene rings is 1. The van der Waals surface area contributed by atoms with E-state index in [0.717, 1.165) is 11.3 Å². The minimum absolute atomic E-state index is 0.298. The molecule has 0 amide bonds. The predicted molar refractivity (Wildman–Crippen MR) is 58.8 cm³/mol. The molecular weight excluding hydrogens is 219 g/mol. The van der Waals surface area contributed by atoms with E-state index in [1.807, 2.05) is 0 Å². The van der Waals surface area contributed by atoms with Crippen LogP contribution >= 0.6 is 0 Å². The molecule has 0 unspecified atom stereocenters. The van der Waals surface area contributed by atoms with E-state index in [4.69, 9.17) is 0 Å². The Labute approximate surface area is 97.3 Å². The van der Waals surface area contributed by atoms with Crippen LogP contribution in [0.2, 0.25) is 0 Å². The Kier molecular flexibility index (Phi) is 2.16. The second kappa shape index (κ2) is 3.68. The average Bonchev–Trinajstić information content (AvgIpc) is 2.89. The first kappa shape index (κ1) is 10.00. The minimum Gasteiger partial charge on any atom is -0.307 e. The maximum Gasteiger partial charge on any atom is 0.149 e. The van der Waals surface area contributed by atoms with Gasteiger partial charge in [-0.3, -0.25) is 0 Å². The Bertz CT molecular complexity index is 607. The summed E-state index contributed by atoms with van der Waals surface area (Å²) in [6, 6.07) is 8.11. The van der Waals surface area contributed by atoms with Gasteiger partial charge in [-0.05, 0) is 24.3 Å². The van der Waals surface area contributed by atoms with Gasteiger partial charge in [0, 0.05) is 18.7 Å². The van der Waals surface area contributed by atoms with E-state index in [-0.39, 0.29) is 5.82 Å². The number of nitriles is 1. The fourth-order valence-corrected chi connectivity index (χ4v) is 2.01. The molecule has 1 aliphatic rings. The van der Waals surface area contributed by atoms with Crippen LogP contribution in [0.5, 0.6) is 0 Å². The number of hydrogen-bond acceptors (Lipinski definition) is 3. The number of rotatable bonds is 1. The van der Waals surface area contributed by atoms with E-state index >= 15 is 0 Å². The highest BCUT2D eigenvalue weighted by molar-refractivity contribution is 5.44. The smallest absolute Gasteiger partial charge is 0.149 e. The van der Waals surface area contributed by atoms with Crippen LogP contribution in [0.15, 0.2) is 24.3 Å². The van der Waals surface area contributed by atoms with Gasteiger partial charge in [0.2, 0.25) is 0 Å². The standard InChI is InChI=1S/C12H9FN4/c13-8-1-3-9(4-2-8)17-12(5-14)10-6-15-7-11(10)16-17/h1-4,15H,6-7H2. The van der Waals surface area contributed by atoms with Gasteiger partial charge < -0.3 is 5.32 Å². The number of nitrogens with one attached hydrogen (secondary N) is 1. The van der Waals surface area contributed by atoms with Crippen molar-refractivity contribution in [2.75, 3.05) is 0 Å². The van der Waals surface area contributed by atoms with E-state index < -0.39 is 0 Å². The fraction of sp³-hybridized carbons (Fsp3) is 0.167. The highest BCUT2D eigenvalue weighted by Gasteiger charge is 2.22. The summed E-state index contributed by atoms with van der Waals surface area (Å²) in [5.74, 6) is -0.298. The zero-order chi connectivity index (χ0) is 11.8. The lowest BCUT2D eigenvalue weighted by Gasteiger charge is -2.03. The van der Waals surface area contributed by atoms with Crippen LogP contribution in [-0.4, -0.2) is 9.78 Å². The highest BCUT2D eigenvalue weighted by atomic mass is 19.1. The second-order valence-corrected chi connectivity index (χ2v) is 3.88. The van der Waals surface area contributed by atoms with Crippen molar-refractivity contribution in [1.82, 2.24) is 15.1 Å². The summed E-state index contributed by atoms with van der Waals surface area (Å²) in [5, 5.41) is 16.7. The summed E-state index contributed by atoms with van der Waals surface area (Å²) in [6.45, 7) is 1.34. The van der Waals surface area contributed by atoms with Crippen LogP contribution in [0.1, 0.15) is 17.0 Å². The molecule has 0 radical (unpaired) electrons. The molecule has 1 aliphatic heterocycles. The highest BCUT2D eigenvalue weighted by Crippen LogP contribution is 2.21. The third-order valence-electron chi connectivity index (χ3n) is 2.84. The number of fused-ring (bicyclic) bond motifs is 1. The Morgan fingerprint density at radius 1 is 1.29 bits per heavy atom. The maximum atomic E-state index is 12.8. The average molecular weight is 228 g/mol. The second-order valence-electron chi connectivity index (χ2n) is 3.88. The number of hydrogen-bond donors (Lipinski definition) is 1. The molecule has 2 aromatic rings. The van der Waals surface area contributed by atoms with E-state index in [0.29, 0.717) is 24.5 Å². The molecule has 0 spiro atoms. The van der Waals surface area contributed by atoms with Crippen LogP contribution in [0, 0.1) is 17.1 Å². The molecule has 3 rings (SSSR count). The normalized spacial score (nSPS) is 13.4. The zero-order valence-corrected chi connectivity index (χ0v) is 8.94. The molecular formula is C12H9FN4. The van der Waals surface area contributed by atoms with Gasteiger partial charge in [-0.1, -0.05) is 0 Å². The molecule has 0 atom stereocenters. The maximum absolute atomic E-state index is 12.8. The van der Waals surface area contributed by atoms with Crippen molar-refractivity contribution in [1.29, 1.82) is 5.26 Å². The van der Waals surface area contributed by atoms with Gasteiger partial charge in [0.25, 0.3) is 0 Å². The quantitative estimate of drug-likeness (QED) is 0.804. The van der Waals surface area contributed by atoms with Crippen LogP contribution in [0.25, 0.3) is 5.69 Å². The fourth-order valence-electron chi connectivity index (χ4n) is 2.01. The molecule has 1 aromatic carbocycles. The Balaban J connectivity index is 2.16. The lowest BCUT2D eigenvalue weighted by molar-refractivity contribution is 0.626. The third-order valence-corrected chi connectivity index (χ3v) is 2.84. The van der Waals surface area contributed by atoms with Crippen LogP contribution < -0.4 is 5.32 Å². The largest absolute Gasteiger partial charge is 0.307 e. The molecule has 1 aromatic heterocycles. The van der Waals surface area contributed by atoms with Gasteiger partial charge in [-0.2, -0.15) is 10.4 Å². The Morgan fingerprint density at radius 3 is 2.76 bits per heavy atom. The van der Waals surface area contributed by atoms with Crippen LogP contribution in [0.4, 0.5) is 4.39 Å². The van der Waals surface area contributed by atoms with Gasteiger partial charge in [-0.15, -0.1) is 0 Å². The van der Waals surface area contributed by atoms with Gasteiger partial charge in [-0.25, -0.2) is 9.07 Å². The first-order valence-electron chi connectivity index (χ1n) is 5.27. The van der Waals surface area contributed by atoms with Crippen molar-refractivity contribution < 1.29 is 4.39 Å². The molecule has 84 valence electrons. The Hall–Kier alpha value is -2.19. The molecule has 0 saturated heterocycles. The zero-order valence-electron chi connectivity index (χ0n) is 8.94. The molecule has 0 saturated carbocycles. The van der Waals surface area contributed by atoms with Crippen molar-refractivity contribution in [3.05, 3.63) is 47.0 Å². The monoisotopic (exact) mass is 228 g/mol. The summed E-state index contributed by atoms with van der Waals surface area (Å²) in [7, 11) is 0. The van der Waals surface area contributed by atoms with E-state index in [9.17, 15) is 9.65 Å². The molecule has 17 heavy (non-hydrogen) atoms. The number of halogens is 1. The topological polar surface area (TPSA) is 53.6 Å². The molecule has 0 aliphatic carbocycles. The first-order chi connectivity index (χ1) is 8.29. The van der Waals surface area contributed by atoms with Crippen molar-refractivity contribution >= 4 is 0 Å². The summed E-state index contributed by atoms with van der Waals surface area (Å²) >= 11 is 0. The minimum atomic E-state index is -0.298. The lowest BCUT2D eigenvalue weighted by Crippen LogP contribution is -2.08. The molecule has 2 heterocycles. The molecule has 4 nitrogen and oxygen atoms in total. The first-order valence-corrected chi connectivity index (χ1v) is 5.27. The van der Waals surface area contributed by atoms with E-state index in [1.54, 1.807) is 16.8 Å². The Morgan fingerprint density at radius 2 is 2.06 bits per heavy atom. The van der Waals surface area contributed by atoms with Gasteiger partial charge in [0.1, 0.15) is 17.6 Å². The van der Waals surface area contributed by atoms with Gasteiger partial charge in [0.05, 0.1) is 11.4 Å². The molecule has 0 bridgehead atoms. The lowest BCUT2D eigenvalue weighted by atomic mass is 10.2. The number of nitrogens with zero attached hydrogens (tertiary/aromatic N) is 3. The SMILES string of the molecule is N#Cc1c2c(nn1-c1ccc(F)cc1)CNC2. The van der Waals surface area contributed by atoms with E-state index in [1.165, 1.54) is 12.1 Å². The summed E-state index contributed by atoms with van der Waals surface area (Å²) in [4.78, 5) is 0. The van der Waals surface area contributed by atoms with E-state index in [2.05, 4.69) is 16.5 Å². The van der Waals surface area contributed by atoms with Crippen molar-refractivity contribution in [2.24, 2.45) is 0 Å². The van der Waals surface area contributed by atoms with Crippen LogP contribution in [0.3, 0.4) is 0 Å². The van der Waals surface area contributed by atoms with Crippen molar-refractivity contribution in [2.45, 2.75) is 13.1 Å². The van der Waals surface area contributed by atoms with Crippen molar-refractivity contribution in [3.8, 4) is 11.8 Å². The third kappa shape index (κ3) is 1.50. The predicted octanol–water partition coefficient (Wildman–Crippen LogP) is 1.49. The van der Waals surface area contributed by atoms with Crippen LogP contribution in [-0.2, 0) is 13.1 Å². The summed E-state index contributed by atoms with van der Waals surface area (Å²) < 4.78 is 14.4. The summed E-state index contributed by atoms with van der Waals surface area (Å²) in [5.41, 5.74) is 3.07. The van der Waals surface area contributed by atoms with Crippen molar-refractivity contribution in [3.63, 3.8) is 0 Å². The number of aromatic nitrogens is 2. The molecule has 0 fully saturated rings.